The lowest BCUT2D eigenvalue weighted by molar-refractivity contribution is -0.384. The molecule has 0 unspecified atom stereocenters. The number of non-ortho nitro benzene ring substituents is 1. The van der Waals surface area contributed by atoms with Crippen molar-refractivity contribution in [3.05, 3.63) is 148 Å². The summed E-state index contributed by atoms with van der Waals surface area (Å²) in [6, 6.07) is 33.1. The second kappa shape index (κ2) is 17.7. The molecule has 5 rings (SSSR count). The number of nitro groups is 1. The maximum absolute atomic E-state index is 13.6. The van der Waals surface area contributed by atoms with Crippen LogP contribution in [0.3, 0.4) is 0 Å². The van der Waals surface area contributed by atoms with E-state index in [0.717, 1.165) is 16.7 Å². The minimum absolute atomic E-state index is 0.00249. The molecule has 0 aliphatic carbocycles. The number of nitrogens with zero attached hydrogens (tertiary/aromatic N) is 1. The normalized spacial score (nSPS) is 20.5. The van der Waals surface area contributed by atoms with Gasteiger partial charge in [0.05, 0.1) is 36.9 Å². The number of halogens is 3. The Kier molecular flexibility index (Phi) is 13.2. The number of carbonyl (C=O) groups is 1. The van der Waals surface area contributed by atoms with E-state index in [0.29, 0.717) is 0 Å². The van der Waals surface area contributed by atoms with Crippen LogP contribution in [0.15, 0.2) is 115 Å². The molecule has 0 saturated carbocycles. The zero-order valence-electron chi connectivity index (χ0n) is 26.4. The van der Waals surface area contributed by atoms with Crippen molar-refractivity contribution in [2.75, 3.05) is 6.61 Å². The van der Waals surface area contributed by atoms with Crippen LogP contribution in [0.2, 0.25) is 0 Å². The van der Waals surface area contributed by atoms with E-state index in [2.05, 4.69) is 0 Å². The lowest BCUT2D eigenvalue weighted by atomic mass is 9.97. The fraction of sp³-hybridized carbons (Fsp3) is 0.278. The Morgan fingerprint density at radius 1 is 0.720 bits per heavy atom. The van der Waals surface area contributed by atoms with Crippen LogP contribution < -0.4 is 0 Å². The first-order chi connectivity index (χ1) is 24.1. The summed E-state index contributed by atoms with van der Waals surface area (Å²) in [4.78, 5) is 24.2. The monoisotopic (exact) mass is 742 g/mol. The summed E-state index contributed by atoms with van der Waals surface area (Å²) in [5.74, 6) is -1.67. The van der Waals surface area contributed by atoms with E-state index in [1.165, 1.54) is 24.3 Å². The molecule has 1 fully saturated rings. The first kappa shape index (κ1) is 37.2. The van der Waals surface area contributed by atoms with Gasteiger partial charge in [-0.25, -0.2) is 4.79 Å². The van der Waals surface area contributed by atoms with Crippen LogP contribution in [0.1, 0.15) is 27.0 Å². The van der Waals surface area contributed by atoms with Gasteiger partial charge in [0.2, 0.25) is 12.2 Å². The summed E-state index contributed by atoms with van der Waals surface area (Å²) in [6.07, 6.45) is -5.85. The highest BCUT2D eigenvalue weighted by molar-refractivity contribution is 6.76. The van der Waals surface area contributed by atoms with Crippen molar-refractivity contribution in [1.82, 2.24) is 0 Å². The number of benzene rings is 4. The minimum atomic E-state index is -2.28. The van der Waals surface area contributed by atoms with Gasteiger partial charge in [-0.1, -0.05) is 126 Å². The topological polar surface area (TPSA) is 139 Å². The predicted molar refractivity (Wildman–Crippen MR) is 186 cm³/mol. The van der Waals surface area contributed by atoms with Crippen molar-refractivity contribution < 1.29 is 38.1 Å². The second-order valence-electron chi connectivity index (χ2n) is 11.2. The zero-order valence-corrected chi connectivity index (χ0v) is 28.7. The molecule has 0 spiro atoms. The molecule has 262 valence electrons. The minimum Gasteiger partial charge on any atom is -0.449 e. The summed E-state index contributed by atoms with van der Waals surface area (Å²) in [7, 11) is 0. The summed E-state index contributed by atoms with van der Waals surface area (Å²) >= 11 is 18.0. The van der Waals surface area contributed by atoms with Gasteiger partial charge < -0.3 is 28.4 Å². The molecule has 50 heavy (non-hydrogen) atoms. The Bertz CT molecular complexity index is 1700. The fourth-order valence-corrected chi connectivity index (χ4v) is 5.25. The van der Waals surface area contributed by atoms with Crippen LogP contribution in [0.5, 0.6) is 0 Å². The van der Waals surface area contributed by atoms with E-state index in [1.807, 2.05) is 91.0 Å². The number of ether oxygens (including phenoxy) is 6. The van der Waals surface area contributed by atoms with E-state index in [-0.39, 0.29) is 37.7 Å². The molecule has 0 bridgehead atoms. The van der Waals surface area contributed by atoms with Crippen molar-refractivity contribution in [3.8, 4) is 0 Å². The average Bonchev–Trinajstić information content (AvgIpc) is 3.12. The van der Waals surface area contributed by atoms with E-state index >= 15 is 0 Å². The first-order valence-corrected chi connectivity index (χ1v) is 16.6. The van der Waals surface area contributed by atoms with Crippen LogP contribution in [0.25, 0.3) is 0 Å². The SMILES string of the molecule is N=C(O[C@H]1O[C@H](COCc2ccccc2)[C@H](OCc2ccccc2)[C@H](OCc2ccccc2)[C@H]1OC(=O)c1ccc([N+](=O)[O-])cc1)C(Cl)(Cl)Cl. The van der Waals surface area contributed by atoms with Crippen LogP contribution >= 0.6 is 34.8 Å². The first-order valence-electron chi connectivity index (χ1n) is 15.4. The van der Waals surface area contributed by atoms with Gasteiger partial charge in [-0.05, 0) is 28.8 Å². The third-order valence-corrected chi connectivity index (χ3v) is 8.12. The molecule has 1 saturated heterocycles. The second-order valence-corrected chi connectivity index (χ2v) is 13.5. The smallest absolute Gasteiger partial charge is 0.338 e. The van der Waals surface area contributed by atoms with Gasteiger partial charge in [0.1, 0.15) is 18.3 Å². The van der Waals surface area contributed by atoms with E-state index in [1.54, 1.807) is 0 Å². The number of nitrogens with one attached hydrogen (secondary N) is 1. The Labute approximate surface area is 303 Å². The average molecular weight is 744 g/mol. The third-order valence-electron chi connectivity index (χ3n) is 7.60. The van der Waals surface area contributed by atoms with Crippen molar-refractivity contribution >= 4 is 52.4 Å². The summed E-state index contributed by atoms with van der Waals surface area (Å²) in [6.45, 7) is 0.418. The molecule has 0 amide bonds. The number of hydrogen-bond donors (Lipinski definition) is 1. The molecule has 5 atom stereocenters. The number of hydrogen-bond acceptors (Lipinski definition) is 10. The third kappa shape index (κ3) is 10.5. The van der Waals surface area contributed by atoms with Crippen molar-refractivity contribution in [2.24, 2.45) is 0 Å². The Hall–Kier alpha value is -4.07. The molecule has 4 aromatic rings. The van der Waals surface area contributed by atoms with Crippen molar-refractivity contribution in [3.63, 3.8) is 0 Å². The van der Waals surface area contributed by atoms with E-state index in [9.17, 15) is 14.9 Å². The number of nitro benzene ring substituents is 1. The number of carbonyl (C=O) groups excluding carboxylic acids is 1. The van der Waals surface area contributed by atoms with Crippen LogP contribution in [-0.4, -0.2) is 57.9 Å². The van der Waals surface area contributed by atoms with Gasteiger partial charge >= 0.3 is 5.97 Å². The van der Waals surface area contributed by atoms with Gasteiger partial charge in [0, 0.05) is 12.1 Å². The number of alkyl halides is 3. The highest BCUT2D eigenvalue weighted by Crippen LogP contribution is 2.35. The van der Waals surface area contributed by atoms with E-state index < -0.39 is 51.3 Å². The maximum atomic E-state index is 13.6. The summed E-state index contributed by atoms with van der Waals surface area (Å²) in [5.41, 5.74) is 2.38. The van der Waals surface area contributed by atoms with Gasteiger partial charge in [-0.3, -0.25) is 15.5 Å². The van der Waals surface area contributed by atoms with Gasteiger partial charge in [0.15, 0.2) is 6.10 Å². The van der Waals surface area contributed by atoms with Crippen molar-refractivity contribution in [2.45, 2.75) is 54.3 Å². The molecule has 1 heterocycles. The largest absolute Gasteiger partial charge is 0.449 e. The highest BCUT2D eigenvalue weighted by Gasteiger charge is 2.52. The molecule has 0 aromatic heterocycles. The quantitative estimate of drug-likeness (QED) is 0.0346. The highest BCUT2D eigenvalue weighted by atomic mass is 35.6. The Morgan fingerprint density at radius 3 is 1.72 bits per heavy atom. The molecule has 1 aliphatic rings. The zero-order chi connectivity index (χ0) is 35.5. The Balaban J connectivity index is 1.50. The molecule has 4 aromatic carbocycles. The van der Waals surface area contributed by atoms with Gasteiger partial charge in [-0.15, -0.1) is 0 Å². The van der Waals surface area contributed by atoms with Gasteiger partial charge in [0.25, 0.3) is 9.48 Å². The lowest BCUT2D eigenvalue weighted by Crippen LogP contribution is -2.62. The summed E-state index contributed by atoms with van der Waals surface area (Å²) in [5, 5.41) is 19.5. The summed E-state index contributed by atoms with van der Waals surface area (Å²) < 4.78 is 34.8. The fourth-order valence-electron chi connectivity index (χ4n) is 5.12. The van der Waals surface area contributed by atoms with Crippen LogP contribution in [0, 0.1) is 15.5 Å². The molecule has 11 nitrogen and oxygen atoms in total. The number of esters is 1. The molecule has 14 heteroatoms. The van der Waals surface area contributed by atoms with Gasteiger partial charge in [-0.2, -0.15) is 0 Å². The number of rotatable bonds is 14. The molecular formula is C36H33Cl3N2O9. The Morgan fingerprint density at radius 2 is 1.22 bits per heavy atom. The van der Waals surface area contributed by atoms with Crippen LogP contribution in [-0.2, 0) is 48.2 Å². The predicted octanol–water partition coefficient (Wildman–Crippen LogP) is 7.60. The molecule has 1 N–H and O–H groups in total. The van der Waals surface area contributed by atoms with E-state index in [4.69, 9.17) is 68.6 Å². The standard InChI is InChI=1S/C36H33Cl3N2O9/c37-36(38,39)35(40)50-34-32(49-33(42)27-16-18-28(19-17-27)41(43)44)31(47-22-26-14-8-3-9-15-26)30(46-21-25-12-6-2-7-13-25)29(48-34)23-45-20-24-10-4-1-5-11-24/h1-19,29-32,34,40H,20-23H2/t29-,30+,31+,32-,34-/m1/s1. The van der Waals surface area contributed by atoms with Crippen LogP contribution in [0.4, 0.5) is 5.69 Å². The van der Waals surface area contributed by atoms with Crippen molar-refractivity contribution in [1.29, 1.82) is 5.41 Å². The lowest BCUT2D eigenvalue weighted by Gasteiger charge is -2.45. The molecular weight excluding hydrogens is 711 g/mol. The molecule has 1 aliphatic heterocycles. The molecule has 0 radical (unpaired) electrons. The maximum Gasteiger partial charge on any atom is 0.338 e.